The largest absolute Gasteiger partial charge is 0.493 e. The normalized spacial score (nSPS) is 18.6. The average Bonchev–Trinajstić information content (AvgIpc) is 3.09. The summed E-state index contributed by atoms with van der Waals surface area (Å²) in [5.41, 5.74) is 2.80. The molecule has 0 unspecified atom stereocenters. The highest BCUT2D eigenvalue weighted by Gasteiger charge is 2.26. The van der Waals surface area contributed by atoms with Gasteiger partial charge in [-0.1, -0.05) is 31.4 Å². The third kappa shape index (κ3) is 5.77. The zero-order valence-electron chi connectivity index (χ0n) is 20.0. The van der Waals surface area contributed by atoms with Gasteiger partial charge in [0.1, 0.15) is 5.75 Å². The number of aromatic nitrogens is 2. The SMILES string of the molecule is CCOc1cc(NC(C)C)ccc1-c1c(Cl)c(C(=O)NCC2CCC(C)CC2)nn1CC. The molecule has 0 aliphatic heterocycles. The van der Waals surface area contributed by atoms with Crippen LogP contribution >= 0.6 is 11.6 Å². The molecule has 2 N–H and O–H groups in total. The number of amides is 1. The van der Waals surface area contributed by atoms with Gasteiger partial charge in [-0.2, -0.15) is 5.10 Å². The number of aryl methyl sites for hydroxylation is 1. The summed E-state index contributed by atoms with van der Waals surface area (Å²) in [5.74, 6) is 1.84. The summed E-state index contributed by atoms with van der Waals surface area (Å²) in [6, 6.07) is 6.27. The van der Waals surface area contributed by atoms with Crippen LogP contribution in [-0.2, 0) is 6.54 Å². The van der Waals surface area contributed by atoms with Gasteiger partial charge >= 0.3 is 0 Å². The molecule has 6 nitrogen and oxygen atoms in total. The van der Waals surface area contributed by atoms with E-state index in [0.717, 1.165) is 35.8 Å². The van der Waals surface area contributed by atoms with Crippen molar-refractivity contribution in [3.63, 3.8) is 0 Å². The van der Waals surface area contributed by atoms with Crippen LogP contribution in [-0.4, -0.2) is 34.9 Å². The highest BCUT2D eigenvalue weighted by molar-refractivity contribution is 6.36. The maximum atomic E-state index is 13.0. The van der Waals surface area contributed by atoms with E-state index in [4.69, 9.17) is 16.3 Å². The van der Waals surface area contributed by atoms with E-state index in [9.17, 15) is 4.79 Å². The number of ether oxygens (including phenoxy) is 1. The van der Waals surface area contributed by atoms with Crippen molar-refractivity contribution in [1.29, 1.82) is 0 Å². The predicted molar refractivity (Wildman–Crippen MR) is 132 cm³/mol. The zero-order chi connectivity index (χ0) is 23.3. The summed E-state index contributed by atoms with van der Waals surface area (Å²) in [6.45, 7) is 12.2. The molecule has 1 fully saturated rings. The molecule has 176 valence electrons. The predicted octanol–water partition coefficient (Wildman–Crippen LogP) is 6.00. The number of carbonyl (C=O) groups excluding carboxylic acids is 1. The maximum absolute atomic E-state index is 13.0. The molecule has 1 saturated carbocycles. The van der Waals surface area contributed by atoms with Gasteiger partial charge < -0.3 is 15.4 Å². The lowest BCUT2D eigenvalue weighted by atomic mass is 9.83. The molecule has 2 aromatic rings. The quantitative estimate of drug-likeness (QED) is 0.481. The van der Waals surface area contributed by atoms with E-state index in [1.807, 2.05) is 32.0 Å². The Hall–Kier alpha value is -2.21. The molecule has 1 aromatic carbocycles. The Balaban J connectivity index is 1.86. The molecule has 1 heterocycles. The van der Waals surface area contributed by atoms with Gasteiger partial charge in [-0.3, -0.25) is 9.48 Å². The van der Waals surface area contributed by atoms with Crippen LogP contribution in [0.25, 0.3) is 11.3 Å². The standard InChI is InChI=1S/C25H37ClN4O2/c1-6-30-24(20-13-12-19(28-16(3)4)14-21(20)32-7-2)22(26)23(29-30)25(31)27-15-18-10-8-17(5)9-11-18/h12-14,16-18,28H,6-11,15H2,1-5H3,(H,27,31). The summed E-state index contributed by atoms with van der Waals surface area (Å²) < 4.78 is 7.72. The highest BCUT2D eigenvalue weighted by Crippen LogP contribution is 2.38. The van der Waals surface area contributed by atoms with Crippen LogP contribution in [0.2, 0.25) is 5.02 Å². The molecular formula is C25H37ClN4O2. The Kier molecular flexibility index (Phi) is 8.46. The molecule has 0 bridgehead atoms. The van der Waals surface area contributed by atoms with Gasteiger partial charge in [-0.25, -0.2) is 0 Å². The van der Waals surface area contributed by atoms with Gasteiger partial charge in [-0.05, 0) is 64.5 Å². The Bertz CT molecular complexity index is 917. The molecule has 3 rings (SSSR count). The third-order valence-corrected chi connectivity index (χ3v) is 6.45. The van der Waals surface area contributed by atoms with E-state index in [1.165, 1.54) is 12.8 Å². The first kappa shape index (κ1) is 24.4. The Labute approximate surface area is 197 Å². The van der Waals surface area contributed by atoms with Crippen molar-refractivity contribution in [3.8, 4) is 17.0 Å². The number of hydrogen-bond donors (Lipinski definition) is 2. The zero-order valence-corrected chi connectivity index (χ0v) is 20.8. The van der Waals surface area contributed by atoms with Crippen LogP contribution in [0.3, 0.4) is 0 Å². The van der Waals surface area contributed by atoms with Gasteiger partial charge in [0.05, 0.1) is 17.3 Å². The van der Waals surface area contributed by atoms with Crippen molar-refractivity contribution in [3.05, 3.63) is 28.9 Å². The molecule has 1 amide bonds. The van der Waals surface area contributed by atoms with Crippen molar-refractivity contribution >= 4 is 23.2 Å². The molecule has 0 atom stereocenters. The molecule has 0 saturated heterocycles. The topological polar surface area (TPSA) is 68.2 Å². The minimum atomic E-state index is -0.210. The molecule has 32 heavy (non-hydrogen) atoms. The molecule has 1 aliphatic carbocycles. The van der Waals surface area contributed by atoms with E-state index < -0.39 is 0 Å². The van der Waals surface area contributed by atoms with E-state index in [-0.39, 0.29) is 11.6 Å². The highest BCUT2D eigenvalue weighted by atomic mass is 35.5. The fraction of sp³-hybridized carbons (Fsp3) is 0.600. The van der Waals surface area contributed by atoms with Crippen LogP contribution < -0.4 is 15.4 Å². The van der Waals surface area contributed by atoms with E-state index in [2.05, 4.69) is 36.5 Å². The van der Waals surface area contributed by atoms with Gasteiger partial charge in [0.15, 0.2) is 5.69 Å². The third-order valence-electron chi connectivity index (χ3n) is 6.09. The van der Waals surface area contributed by atoms with Gasteiger partial charge in [0, 0.05) is 36.4 Å². The summed E-state index contributed by atoms with van der Waals surface area (Å²) in [7, 11) is 0. The molecular weight excluding hydrogens is 424 g/mol. The summed E-state index contributed by atoms with van der Waals surface area (Å²) >= 11 is 6.76. The first-order chi connectivity index (χ1) is 15.3. The fourth-order valence-electron chi connectivity index (χ4n) is 4.34. The Morgan fingerprint density at radius 3 is 2.59 bits per heavy atom. The van der Waals surface area contributed by atoms with E-state index in [1.54, 1.807) is 4.68 Å². The van der Waals surface area contributed by atoms with Crippen molar-refractivity contribution in [1.82, 2.24) is 15.1 Å². The lowest BCUT2D eigenvalue weighted by molar-refractivity contribution is 0.0936. The number of rotatable bonds is 9. The van der Waals surface area contributed by atoms with Crippen LogP contribution in [0.1, 0.15) is 70.8 Å². The Morgan fingerprint density at radius 1 is 1.25 bits per heavy atom. The number of anilines is 1. The second kappa shape index (κ2) is 11.1. The van der Waals surface area contributed by atoms with Crippen LogP contribution in [0.15, 0.2) is 18.2 Å². The molecule has 1 aliphatic rings. The number of halogens is 1. The average molecular weight is 461 g/mol. The van der Waals surface area contributed by atoms with Gasteiger partial charge in [0.2, 0.25) is 0 Å². The molecule has 0 radical (unpaired) electrons. The number of nitrogens with zero attached hydrogens (tertiary/aromatic N) is 2. The second-order valence-electron chi connectivity index (χ2n) is 9.11. The first-order valence-corrected chi connectivity index (χ1v) is 12.3. The van der Waals surface area contributed by atoms with E-state index >= 15 is 0 Å². The smallest absolute Gasteiger partial charge is 0.273 e. The fourth-order valence-corrected chi connectivity index (χ4v) is 4.66. The molecule has 7 heteroatoms. The summed E-state index contributed by atoms with van der Waals surface area (Å²) in [4.78, 5) is 13.0. The lowest BCUT2D eigenvalue weighted by Crippen LogP contribution is -2.31. The van der Waals surface area contributed by atoms with Crippen LogP contribution in [0, 0.1) is 11.8 Å². The van der Waals surface area contributed by atoms with Crippen molar-refractivity contribution in [2.45, 2.75) is 72.9 Å². The minimum absolute atomic E-state index is 0.210. The lowest BCUT2D eigenvalue weighted by Gasteiger charge is -2.26. The molecule has 1 aromatic heterocycles. The first-order valence-electron chi connectivity index (χ1n) is 11.9. The number of nitrogens with one attached hydrogen (secondary N) is 2. The van der Waals surface area contributed by atoms with Crippen molar-refractivity contribution in [2.75, 3.05) is 18.5 Å². The van der Waals surface area contributed by atoms with Gasteiger partial charge in [0.25, 0.3) is 5.91 Å². The minimum Gasteiger partial charge on any atom is -0.493 e. The Morgan fingerprint density at radius 2 is 1.97 bits per heavy atom. The number of benzene rings is 1. The number of hydrogen-bond acceptors (Lipinski definition) is 4. The van der Waals surface area contributed by atoms with E-state index in [0.29, 0.717) is 42.4 Å². The monoisotopic (exact) mass is 460 g/mol. The molecule has 0 spiro atoms. The van der Waals surface area contributed by atoms with Crippen LogP contribution in [0.5, 0.6) is 5.75 Å². The van der Waals surface area contributed by atoms with Crippen LogP contribution in [0.4, 0.5) is 5.69 Å². The number of carbonyl (C=O) groups is 1. The van der Waals surface area contributed by atoms with Crippen molar-refractivity contribution < 1.29 is 9.53 Å². The summed E-state index contributed by atoms with van der Waals surface area (Å²) in [5, 5.41) is 11.4. The maximum Gasteiger partial charge on any atom is 0.273 e. The summed E-state index contributed by atoms with van der Waals surface area (Å²) in [6.07, 6.45) is 4.80. The van der Waals surface area contributed by atoms with Crippen molar-refractivity contribution in [2.24, 2.45) is 11.8 Å². The second-order valence-corrected chi connectivity index (χ2v) is 9.48. The van der Waals surface area contributed by atoms with Gasteiger partial charge in [-0.15, -0.1) is 0 Å².